The number of fused-ring (bicyclic) bond motifs is 1. The van der Waals surface area contributed by atoms with Gasteiger partial charge in [0.05, 0.1) is 18.2 Å². The number of hydrogen-bond acceptors (Lipinski definition) is 3. The average Bonchev–Trinajstić information content (AvgIpc) is 2.63. The van der Waals surface area contributed by atoms with Crippen LogP contribution in [0.1, 0.15) is 38.7 Å². The Morgan fingerprint density at radius 3 is 2.80 bits per heavy atom. The smallest absolute Gasteiger partial charge is 0.179 e. The molecule has 0 aromatic heterocycles. The summed E-state index contributed by atoms with van der Waals surface area (Å²) in [5, 5.41) is 4.10. The lowest BCUT2D eigenvalue weighted by Gasteiger charge is -2.12. The molecule has 1 heterocycles. The van der Waals surface area contributed by atoms with Crippen molar-refractivity contribution in [2.24, 2.45) is 0 Å². The maximum atomic E-state index is 6.28. The SMILES string of the molecule is CC(C)NCCCCc1cc(Cl)c2c(c1)OCCCO2. The van der Waals surface area contributed by atoms with Crippen molar-refractivity contribution in [3.05, 3.63) is 22.7 Å². The van der Waals surface area contributed by atoms with Gasteiger partial charge in [-0.25, -0.2) is 0 Å². The van der Waals surface area contributed by atoms with Gasteiger partial charge in [-0.15, -0.1) is 0 Å². The van der Waals surface area contributed by atoms with E-state index in [0.29, 0.717) is 30.0 Å². The van der Waals surface area contributed by atoms with Gasteiger partial charge in [-0.3, -0.25) is 0 Å². The van der Waals surface area contributed by atoms with Gasteiger partial charge in [0.1, 0.15) is 0 Å². The lowest BCUT2D eigenvalue weighted by atomic mass is 10.1. The summed E-state index contributed by atoms with van der Waals surface area (Å²) < 4.78 is 11.3. The van der Waals surface area contributed by atoms with Crippen molar-refractivity contribution in [3.8, 4) is 11.5 Å². The summed E-state index contributed by atoms with van der Waals surface area (Å²) in [5.41, 5.74) is 1.23. The molecule has 3 nitrogen and oxygen atoms in total. The largest absolute Gasteiger partial charge is 0.489 e. The second-order valence-electron chi connectivity index (χ2n) is 5.52. The standard InChI is InChI=1S/C16H24ClNO2/c1-12(2)18-7-4-3-6-13-10-14(17)16-15(11-13)19-8-5-9-20-16/h10-12,18H,3-9H2,1-2H3. The summed E-state index contributed by atoms with van der Waals surface area (Å²) in [5.74, 6) is 1.50. The van der Waals surface area contributed by atoms with Gasteiger partial charge in [0.2, 0.25) is 0 Å². The van der Waals surface area contributed by atoms with E-state index in [0.717, 1.165) is 31.6 Å². The first kappa shape index (κ1) is 15.5. The third-order valence-electron chi connectivity index (χ3n) is 3.31. The van der Waals surface area contributed by atoms with Crippen LogP contribution in [-0.4, -0.2) is 25.8 Å². The van der Waals surface area contributed by atoms with Crippen molar-refractivity contribution < 1.29 is 9.47 Å². The third-order valence-corrected chi connectivity index (χ3v) is 3.59. The second-order valence-corrected chi connectivity index (χ2v) is 5.93. The van der Waals surface area contributed by atoms with Gasteiger partial charge in [-0.1, -0.05) is 25.4 Å². The molecule has 1 aliphatic rings. The fraction of sp³-hybridized carbons (Fsp3) is 0.625. The molecule has 0 bridgehead atoms. The Morgan fingerprint density at radius 1 is 1.20 bits per heavy atom. The van der Waals surface area contributed by atoms with Crippen LogP contribution >= 0.6 is 11.6 Å². The van der Waals surface area contributed by atoms with Crippen molar-refractivity contribution in [1.29, 1.82) is 0 Å². The molecule has 1 aromatic rings. The van der Waals surface area contributed by atoms with E-state index in [1.54, 1.807) is 0 Å². The fourth-order valence-corrected chi connectivity index (χ4v) is 2.56. The molecule has 0 atom stereocenters. The number of unbranched alkanes of at least 4 members (excludes halogenated alkanes) is 1. The maximum absolute atomic E-state index is 6.28. The predicted octanol–water partition coefficient (Wildman–Crippen LogP) is 3.82. The Labute approximate surface area is 126 Å². The van der Waals surface area contributed by atoms with E-state index in [1.807, 2.05) is 6.07 Å². The zero-order valence-corrected chi connectivity index (χ0v) is 13.1. The van der Waals surface area contributed by atoms with E-state index in [1.165, 1.54) is 12.0 Å². The lowest BCUT2D eigenvalue weighted by molar-refractivity contribution is 0.297. The number of aryl methyl sites for hydroxylation is 1. The molecule has 0 saturated heterocycles. The van der Waals surface area contributed by atoms with Crippen LogP contribution in [0.15, 0.2) is 12.1 Å². The van der Waals surface area contributed by atoms with Crippen LogP contribution in [0.2, 0.25) is 5.02 Å². The molecule has 0 aliphatic carbocycles. The first-order valence-electron chi connectivity index (χ1n) is 7.48. The minimum absolute atomic E-state index is 0.558. The van der Waals surface area contributed by atoms with Crippen LogP contribution in [0, 0.1) is 0 Å². The van der Waals surface area contributed by atoms with E-state index in [2.05, 4.69) is 25.2 Å². The van der Waals surface area contributed by atoms with E-state index in [9.17, 15) is 0 Å². The topological polar surface area (TPSA) is 30.5 Å². The van der Waals surface area contributed by atoms with E-state index in [-0.39, 0.29) is 0 Å². The molecule has 4 heteroatoms. The summed E-state index contributed by atoms with van der Waals surface area (Å²) in [6.07, 6.45) is 4.25. The maximum Gasteiger partial charge on any atom is 0.179 e. The highest BCUT2D eigenvalue weighted by Crippen LogP contribution is 2.38. The van der Waals surface area contributed by atoms with Crippen molar-refractivity contribution in [1.82, 2.24) is 5.32 Å². The van der Waals surface area contributed by atoms with E-state index >= 15 is 0 Å². The van der Waals surface area contributed by atoms with Crippen LogP contribution < -0.4 is 14.8 Å². The number of halogens is 1. The third kappa shape index (κ3) is 4.57. The predicted molar refractivity (Wildman–Crippen MR) is 83.1 cm³/mol. The molecular formula is C16H24ClNO2. The highest BCUT2D eigenvalue weighted by molar-refractivity contribution is 6.32. The second kappa shape index (κ2) is 7.75. The minimum atomic E-state index is 0.558. The Kier molecular flexibility index (Phi) is 5.99. The quantitative estimate of drug-likeness (QED) is 0.810. The summed E-state index contributed by atoms with van der Waals surface area (Å²) in [6.45, 7) is 6.78. The molecule has 1 N–H and O–H groups in total. The Hall–Kier alpha value is -0.930. The fourth-order valence-electron chi connectivity index (χ4n) is 2.27. The molecule has 0 saturated carbocycles. The normalized spacial score (nSPS) is 14.4. The van der Waals surface area contributed by atoms with Gasteiger partial charge in [0.25, 0.3) is 0 Å². The minimum Gasteiger partial charge on any atom is -0.489 e. The highest BCUT2D eigenvalue weighted by atomic mass is 35.5. The van der Waals surface area contributed by atoms with Gasteiger partial charge in [0, 0.05) is 12.5 Å². The molecule has 0 spiro atoms. The Balaban J connectivity index is 1.89. The van der Waals surface area contributed by atoms with Crippen molar-refractivity contribution in [2.75, 3.05) is 19.8 Å². The molecule has 112 valence electrons. The van der Waals surface area contributed by atoms with E-state index < -0.39 is 0 Å². The lowest BCUT2D eigenvalue weighted by Crippen LogP contribution is -2.23. The monoisotopic (exact) mass is 297 g/mol. The van der Waals surface area contributed by atoms with Crippen molar-refractivity contribution >= 4 is 11.6 Å². The van der Waals surface area contributed by atoms with Crippen LogP contribution in [0.5, 0.6) is 11.5 Å². The summed E-state index contributed by atoms with van der Waals surface area (Å²) >= 11 is 6.28. The number of rotatable bonds is 6. The Morgan fingerprint density at radius 2 is 2.00 bits per heavy atom. The first-order chi connectivity index (χ1) is 9.66. The molecular weight excluding hydrogens is 274 g/mol. The molecule has 0 unspecified atom stereocenters. The number of hydrogen-bond donors (Lipinski definition) is 1. The summed E-state index contributed by atoms with van der Waals surface area (Å²) in [7, 11) is 0. The molecule has 1 aliphatic heterocycles. The van der Waals surface area contributed by atoms with Gasteiger partial charge >= 0.3 is 0 Å². The summed E-state index contributed by atoms with van der Waals surface area (Å²) in [6, 6.07) is 4.63. The van der Waals surface area contributed by atoms with Crippen molar-refractivity contribution in [3.63, 3.8) is 0 Å². The highest BCUT2D eigenvalue weighted by Gasteiger charge is 2.15. The van der Waals surface area contributed by atoms with Gasteiger partial charge < -0.3 is 14.8 Å². The first-order valence-corrected chi connectivity index (χ1v) is 7.86. The molecule has 20 heavy (non-hydrogen) atoms. The zero-order chi connectivity index (χ0) is 14.4. The molecule has 1 aromatic carbocycles. The van der Waals surface area contributed by atoms with Crippen molar-refractivity contribution in [2.45, 2.75) is 45.6 Å². The number of nitrogens with one attached hydrogen (secondary N) is 1. The van der Waals surface area contributed by atoms with Gasteiger partial charge in [-0.05, 0) is 43.5 Å². The number of ether oxygens (including phenoxy) is 2. The average molecular weight is 298 g/mol. The molecule has 0 radical (unpaired) electrons. The van der Waals surface area contributed by atoms with Gasteiger partial charge in [0.15, 0.2) is 11.5 Å². The van der Waals surface area contributed by atoms with Crippen LogP contribution in [-0.2, 0) is 6.42 Å². The van der Waals surface area contributed by atoms with Crippen LogP contribution in [0.4, 0.5) is 0 Å². The van der Waals surface area contributed by atoms with E-state index in [4.69, 9.17) is 21.1 Å². The number of benzene rings is 1. The zero-order valence-electron chi connectivity index (χ0n) is 12.4. The van der Waals surface area contributed by atoms with Gasteiger partial charge in [-0.2, -0.15) is 0 Å². The Bertz CT molecular complexity index is 435. The molecule has 0 fully saturated rings. The summed E-state index contributed by atoms with van der Waals surface area (Å²) in [4.78, 5) is 0. The molecule has 0 amide bonds. The van der Waals surface area contributed by atoms with Crippen LogP contribution in [0.25, 0.3) is 0 Å². The van der Waals surface area contributed by atoms with Crippen LogP contribution in [0.3, 0.4) is 0 Å². The molecule has 2 rings (SSSR count).